The maximum Gasteiger partial charge on any atom is 0.218 e. The van der Waals surface area contributed by atoms with Gasteiger partial charge in [0.15, 0.2) is 0 Å². The standard InChI is InChI=1S/C22H20Cl2N4OS/c1-13(2)28(4)12-26-19-9-14(3)20(10-18(19)24)29-22-16(11-25)21(27-30-22)15-7-5-6-8-17(15)23/h5-10,12-13H,1-4H3/b26-12-. The maximum atomic E-state index is 9.70. The molecular formula is C22H20Cl2N4OS. The van der Waals surface area contributed by atoms with Gasteiger partial charge in [0.25, 0.3) is 0 Å². The van der Waals surface area contributed by atoms with E-state index in [1.165, 1.54) is 0 Å². The molecule has 154 valence electrons. The zero-order valence-corrected chi connectivity index (χ0v) is 19.3. The van der Waals surface area contributed by atoms with Crippen molar-refractivity contribution in [2.75, 3.05) is 7.05 Å². The number of aliphatic imine (C=N–C) groups is 1. The van der Waals surface area contributed by atoms with Crippen molar-refractivity contribution in [1.82, 2.24) is 9.27 Å². The van der Waals surface area contributed by atoms with E-state index in [0.717, 1.165) is 17.1 Å². The van der Waals surface area contributed by atoms with E-state index in [1.807, 2.05) is 43.1 Å². The Morgan fingerprint density at radius 2 is 1.97 bits per heavy atom. The number of aryl methyl sites for hydroxylation is 1. The number of rotatable bonds is 6. The van der Waals surface area contributed by atoms with E-state index in [9.17, 15) is 5.26 Å². The summed E-state index contributed by atoms with van der Waals surface area (Å²) in [6.45, 7) is 6.06. The van der Waals surface area contributed by atoms with Gasteiger partial charge in [-0.1, -0.05) is 41.4 Å². The molecule has 0 aliphatic carbocycles. The minimum Gasteiger partial charge on any atom is -0.443 e. The largest absolute Gasteiger partial charge is 0.443 e. The van der Waals surface area contributed by atoms with Gasteiger partial charge in [0.1, 0.15) is 23.1 Å². The maximum absolute atomic E-state index is 9.70. The number of benzene rings is 2. The molecule has 0 aliphatic rings. The van der Waals surface area contributed by atoms with Crippen LogP contribution in [0, 0.1) is 18.3 Å². The number of ether oxygens (including phenoxy) is 1. The molecule has 0 unspecified atom stereocenters. The van der Waals surface area contributed by atoms with Crippen LogP contribution >= 0.6 is 34.7 Å². The third-order valence-electron chi connectivity index (χ3n) is 4.54. The van der Waals surface area contributed by atoms with Crippen molar-refractivity contribution in [2.45, 2.75) is 26.8 Å². The summed E-state index contributed by atoms with van der Waals surface area (Å²) in [6.07, 6.45) is 1.75. The molecule has 0 aliphatic heterocycles. The Morgan fingerprint density at radius 3 is 2.63 bits per heavy atom. The smallest absolute Gasteiger partial charge is 0.218 e. The molecule has 5 nitrogen and oxygen atoms in total. The summed E-state index contributed by atoms with van der Waals surface area (Å²) >= 11 is 13.8. The van der Waals surface area contributed by atoms with Crippen LogP contribution in [0.2, 0.25) is 10.0 Å². The Labute approximate surface area is 190 Å². The molecule has 0 spiro atoms. The van der Waals surface area contributed by atoms with Crippen molar-refractivity contribution in [1.29, 1.82) is 5.26 Å². The first-order valence-corrected chi connectivity index (χ1v) is 10.7. The van der Waals surface area contributed by atoms with Crippen molar-refractivity contribution < 1.29 is 4.74 Å². The molecule has 30 heavy (non-hydrogen) atoms. The lowest BCUT2D eigenvalue weighted by Gasteiger charge is -2.17. The van der Waals surface area contributed by atoms with E-state index in [-0.39, 0.29) is 0 Å². The number of hydrogen-bond donors (Lipinski definition) is 0. The average molecular weight is 459 g/mol. The summed E-state index contributed by atoms with van der Waals surface area (Å²) < 4.78 is 10.4. The van der Waals surface area contributed by atoms with E-state index >= 15 is 0 Å². The molecule has 0 saturated carbocycles. The van der Waals surface area contributed by atoms with Crippen molar-refractivity contribution in [3.05, 3.63) is 57.6 Å². The third-order valence-corrected chi connectivity index (χ3v) is 5.90. The van der Waals surface area contributed by atoms with Crippen molar-refractivity contribution in [2.24, 2.45) is 4.99 Å². The molecule has 3 aromatic rings. The highest BCUT2D eigenvalue weighted by Crippen LogP contribution is 2.41. The minimum atomic E-state index is 0.333. The number of hydrogen-bond acceptors (Lipinski definition) is 5. The van der Waals surface area contributed by atoms with E-state index in [4.69, 9.17) is 27.9 Å². The van der Waals surface area contributed by atoms with Gasteiger partial charge in [0, 0.05) is 36.3 Å². The Morgan fingerprint density at radius 1 is 1.23 bits per heavy atom. The molecule has 2 aromatic carbocycles. The van der Waals surface area contributed by atoms with Gasteiger partial charge in [-0.25, -0.2) is 4.99 Å². The highest BCUT2D eigenvalue weighted by atomic mass is 35.5. The molecule has 1 aromatic heterocycles. The molecule has 0 radical (unpaired) electrons. The lowest BCUT2D eigenvalue weighted by Crippen LogP contribution is -2.24. The number of nitriles is 1. The molecule has 0 saturated heterocycles. The highest BCUT2D eigenvalue weighted by molar-refractivity contribution is 7.08. The van der Waals surface area contributed by atoms with Gasteiger partial charge >= 0.3 is 0 Å². The van der Waals surface area contributed by atoms with Crippen molar-refractivity contribution >= 4 is 46.8 Å². The van der Waals surface area contributed by atoms with Crippen LogP contribution in [-0.2, 0) is 0 Å². The summed E-state index contributed by atoms with van der Waals surface area (Å²) in [7, 11) is 1.95. The zero-order chi connectivity index (χ0) is 21.8. The molecule has 3 rings (SSSR count). The molecule has 1 heterocycles. The second-order valence-electron chi connectivity index (χ2n) is 6.96. The van der Waals surface area contributed by atoms with E-state index in [2.05, 4.69) is 29.3 Å². The number of aromatic nitrogens is 1. The molecule has 0 atom stereocenters. The summed E-state index contributed by atoms with van der Waals surface area (Å²) in [4.78, 5) is 6.45. The fourth-order valence-electron chi connectivity index (χ4n) is 2.52. The van der Waals surface area contributed by atoms with Crippen LogP contribution in [0.25, 0.3) is 11.3 Å². The lowest BCUT2D eigenvalue weighted by molar-refractivity contribution is 0.429. The molecule has 0 amide bonds. The SMILES string of the molecule is Cc1cc(/N=C\N(C)C(C)C)c(Cl)cc1Oc1snc(-c2ccccc2Cl)c1C#N. The third kappa shape index (κ3) is 4.76. The van der Waals surface area contributed by atoms with Gasteiger partial charge < -0.3 is 9.64 Å². The first kappa shape index (κ1) is 22.1. The highest BCUT2D eigenvalue weighted by Gasteiger charge is 2.20. The van der Waals surface area contributed by atoms with Crippen LogP contribution in [0.5, 0.6) is 10.8 Å². The van der Waals surface area contributed by atoms with Gasteiger partial charge in [-0.3, -0.25) is 0 Å². The van der Waals surface area contributed by atoms with E-state index in [0.29, 0.717) is 49.4 Å². The van der Waals surface area contributed by atoms with E-state index in [1.54, 1.807) is 18.5 Å². The summed E-state index contributed by atoms with van der Waals surface area (Å²) in [5.74, 6) is 0.544. The number of halogens is 2. The predicted molar refractivity (Wildman–Crippen MR) is 125 cm³/mol. The minimum absolute atomic E-state index is 0.333. The Hall–Kier alpha value is -2.59. The van der Waals surface area contributed by atoms with Gasteiger partial charge in [0.05, 0.1) is 22.1 Å². The summed E-state index contributed by atoms with van der Waals surface area (Å²) in [5, 5.41) is 11.1. The monoisotopic (exact) mass is 458 g/mol. The van der Waals surface area contributed by atoms with Crippen LogP contribution in [0.4, 0.5) is 5.69 Å². The summed E-state index contributed by atoms with van der Waals surface area (Å²) in [6, 6.07) is 13.3. The van der Waals surface area contributed by atoms with Gasteiger partial charge in [-0.15, -0.1) is 0 Å². The van der Waals surface area contributed by atoms with Gasteiger partial charge in [-0.05, 0) is 38.5 Å². The Balaban J connectivity index is 1.92. The van der Waals surface area contributed by atoms with Crippen LogP contribution in [-0.4, -0.2) is 28.7 Å². The first-order chi connectivity index (χ1) is 14.3. The Kier molecular flexibility index (Phi) is 6.99. The molecular weight excluding hydrogens is 439 g/mol. The second-order valence-corrected chi connectivity index (χ2v) is 8.51. The van der Waals surface area contributed by atoms with Crippen LogP contribution < -0.4 is 4.74 Å². The first-order valence-electron chi connectivity index (χ1n) is 9.20. The van der Waals surface area contributed by atoms with Crippen LogP contribution in [0.1, 0.15) is 25.0 Å². The quantitative estimate of drug-likeness (QED) is 0.292. The fraction of sp³-hybridized carbons (Fsp3) is 0.227. The molecule has 8 heteroatoms. The number of nitrogens with zero attached hydrogens (tertiary/aromatic N) is 4. The van der Waals surface area contributed by atoms with E-state index < -0.39 is 0 Å². The normalized spacial score (nSPS) is 11.1. The molecule has 0 bridgehead atoms. The van der Waals surface area contributed by atoms with Crippen LogP contribution in [0.15, 0.2) is 41.4 Å². The topological polar surface area (TPSA) is 61.5 Å². The van der Waals surface area contributed by atoms with Gasteiger partial charge in [0.2, 0.25) is 5.06 Å². The van der Waals surface area contributed by atoms with Gasteiger partial charge in [-0.2, -0.15) is 9.64 Å². The predicted octanol–water partition coefficient (Wildman–Crippen LogP) is 7.09. The summed E-state index contributed by atoms with van der Waals surface area (Å²) in [5.41, 5.74) is 3.02. The second kappa shape index (κ2) is 9.48. The Bertz CT molecular complexity index is 1130. The molecule has 0 fully saturated rings. The van der Waals surface area contributed by atoms with Crippen molar-refractivity contribution in [3.8, 4) is 28.1 Å². The lowest BCUT2D eigenvalue weighted by atomic mass is 10.1. The molecule has 0 N–H and O–H groups in total. The zero-order valence-electron chi connectivity index (χ0n) is 17.0. The fourth-order valence-corrected chi connectivity index (χ4v) is 3.68. The average Bonchev–Trinajstić information content (AvgIpc) is 3.11. The van der Waals surface area contributed by atoms with Crippen LogP contribution in [0.3, 0.4) is 0 Å². The van der Waals surface area contributed by atoms with Crippen molar-refractivity contribution in [3.63, 3.8) is 0 Å².